The van der Waals surface area contributed by atoms with E-state index in [0.29, 0.717) is 19.3 Å². The van der Waals surface area contributed by atoms with Crippen molar-refractivity contribution in [3.05, 3.63) is 53.3 Å². The molecule has 0 atom stereocenters. The highest BCUT2D eigenvalue weighted by Crippen LogP contribution is 2.40. The topological polar surface area (TPSA) is 105 Å². The number of hydrogen-bond donors (Lipinski definition) is 0. The average Bonchev–Trinajstić information content (AvgIpc) is 2.90. The van der Waals surface area contributed by atoms with Gasteiger partial charge in [-0.3, -0.25) is 14.4 Å². The zero-order valence-corrected chi connectivity index (χ0v) is 22.2. The molecule has 0 aliphatic rings. The van der Waals surface area contributed by atoms with Gasteiger partial charge in [-0.2, -0.15) is 0 Å². The number of ether oxygens (including phenoxy) is 4. The summed E-state index contributed by atoms with van der Waals surface area (Å²) in [5.74, 6) is -4.04. The SMILES string of the molecule is CCCCC(=O)Oc1cc(C(=O)OCc2ccccc2F)cc(OC(=O)CCCC)c1OC(=O)CCCC. The molecule has 0 aromatic heterocycles. The number of rotatable bonds is 15. The number of unbranched alkanes of at least 4 members (excludes halogenated alkanes) is 3. The van der Waals surface area contributed by atoms with Crippen LogP contribution in [-0.2, 0) is 25.7 Å². The van der Waals surface area contributed by atoms with Crippen molar-refractivity contribution in [1.82, 2.24) is 0 Å². The molecule has 0 aliphatic heterocycles. The first kappa shape index (κ1) is 30.5. The second kappa shape index (κ2) is 16.2. The van der Waals surface area contributed by atoms with Gasteiger partial charge >= 0.3 is 23.9 Å². The zero-order valence-electron chi connectivity index (χ0n) is 22.2. The van der Waals surface area contributed by atoms with Crippen molar-refractivity contribution in [3.8, 4) is 17.2 Å². The molecule has 0 unspecified atom stereocenters. The molecule has 0 amide bonds. The summed E-state index contributed by atoms with van der Waals surface area (Å²) in [5, 5.41) is 0. The first-order valence-electron chi connectivity index (χ1n) is 13.0. The van der Waals surface area contributed by atoms with Gasteiger partial charge in [0.2, 0.25) is 5.75 Å². The van der Waals surface area contributed by atoms with Gasteiger partial charge in [0.25, 0.3) is 0 Å². The van der Waals surface area contributed by atoms with Crippen LogP contribution in [-0.4, -0.2) is 23.9 Å². The maximum absolute atomic E-state index is 14.0. The second-order valence-electron chi connectivity index (χ2n) is 8.70. The second-order valence-corrected chi connectivity index (χ2v) is 8.70. The molecular weight excluding hydrogens is 495 g/mol. The van der Waals surface area contributed by atoms with Crippen LogP contribution in [0.1, 0.15) is 94.5 Å². The molecule has 2 aromatic carbocycles. The quantitative estimate of drug-likeness (QED) is 0.191. The van der Waals surface area contributed by atoms with Crippen LogP contribution in [0.25, 0.3) is 0 Å². The normalized spacial score (nSPS) is 10.5. The molecule has 0 saturated carbocycles. The third-order valence-corrected chi connectivity index (χ3v) is 5.44. The molecule has 0 spiro atoms. The van der Waals surface area contributed by atoms with Crippen molar-refractivity contribution in [2.75, 3.05) is 0 Å². The molecule has 0 saturated heterocycles. The first-order valence-corrected chi connectivity index (χ1v) is 13.0. The Kier molecular flexibility index (Phi) is 13.0. The molecule has 9 heteroatoms. The van der Waals surface area contributed by atoms with Crippen molar-refractivity contribution in [2.24, 2.45) is 0 Å². The van der Waals surface area contributed by atoms with Gasteiger partial charge in [-0.05, 0) is 37.5 Å². The Bertz CT molecular complexity index is 1070. The largest absolute Gasteiger partial charge is 0.457 e. The average molecular weight is 531 g/mol. The van der Waals surface area contributed by atoms with Gasteiger partial charge in [-0.15, -0.1) is 0 Å². The molecule has 0 radical (unpaired) electrons. The molecule has 0 aliphatic carbocycles. The summed E-state index contributed by atoms with van der Waals surface area (Å²) in [5.41, 5.74) is 0.0334. The van der Waals surface area contributed by atoms with E-state index >= 15 is 0 Å². The lowest BCUT2D eigenvalue weighted by Crippen LogP contribution is -2.16. The van der Waals surface area contributed by atoms with Crippen LogP contribution in [0.15, 0.2) is 36.4 Å². The molecular formula is C29H35FO8. The lowest BCUT2D eigenvalue weighted by molar-refractivity contribution is -0.138. The molecule has 0 heterocycles. The monoisotopic (exact) mass is 530 g/mol. The summed E-state index contributed by atoms with van der Waals surface area (Å²) in [7, 11) is 0. The van der Waals surface area contributed by atoms with Gasteiger partial charge in [-0.25, -0.2) is 9.18 Å². The van der Waals surface area contributed by atoms with E-state index in [4.69, 9.17) is 18.9 Å². The fraction of sp³-hybridized carbons (Fsp3) is 0.448. The summed E-state index contributed by atoms with van der Waals surface area (Å²) in [4.78, 5) is 50.3. The van der Waals surface area contributed by atoms with Crippen molar-refractivity contribution in [1.29, 1.82) is 0 Å². The lowest BCUT2D eigenvalue weighted by Gasteiger charge is -2.16. The van der Waals surface area contributed by atoms with Gasteiger partial charge in [0.15, 0.2) is 11.5 Å². The van der Waals surface area contributed by atoms with Crippen LogP contribution in [0.3, 0.4) is 0 Å². The Hall–Kier alpha value is -3.75. The molecule has 2 rings (SSSR count). The van der Waals surface area contributed by atoms with Gasteiger partial charge < -0.3 is 18.9 Å². The van der Waals surface area contributed by atoms with Crippen molar-refractivity contribution in [2.45, 2.75) is 85.2 Å². The van der Waals surface area contributed by atoms with E-state index in [0.717, 1.165) is 19.3 Å². The summed E-state index contributed by atoms with van der Waals surface area (Å²) >= 11 is 0. The minimum Gasteiger partial charge on any atom is -0.457 e. The minimum atomic E-state index is -0.881. The van der Waals surface area contributed by atoms with Crippen LogP contribution >= 0.6 is 0 Å². The van der Waals surface area contributed by atoms with E-state index in [1.165, 1.54) is 30.3 Å². The van der Waals surface area contributed by atoms with Crippen LogP contribution in [0, 0.1) is 5.82 Å². The fourth-order valence-electron chi connectivity index (χ4n) is 3.26. The summed E-state index contributed by atoms with van der Waals surface area (Å²) in [6.07, 6.45) is 4.21. The number of esters is 4. The predicted molar refractivity (Wildman–Crippen MR) is 137 cm³/mol. The van der Waals surface area contributed by atoms with Gasteiger partial charge in [-0.1, -0.05) is 58.2 Å². The van der Waals surface area contributed by atoms with Gasteiger partial charge in [0, 0.05) is 24.8 Å². The number of carbonyl (C=O) groups is 4. The van der Waals surface area contributed by atoms with Crippen LogP contribution in [0.2, 0.25) is 0 Å². The number of halogens is 1. The Morgan fingerprint density at radius 1 is 0.711 bits per heavy atom. The highest BCUT2D eigenvalue weighted by molar-refractivity contribution is 5.92. The van der Waals surface area contributed by atoms with Crippen molar-refractivity contribution >= 4 is 23.9 Å². The van der Waals surface area contributed by atoms with E-state index < -0.39 is 29.7 Å². The van der Waals surface area contributed by atoms with E-state index in [2.05, 4.69) is 0 Å². The lowest BCUT2D eigenvalue weighted by atomic mass is 10.1. The Morgan fingerprint density at radius 2 is 1.18 bits per heavy atom. The Labute approximate surface area is 222 Å². The Balaban J connectivity index is 2.46. The highest BCUT2D eigenvalue weighted by atomic mass is 19.1. The maximum Gasteiger partial charge on any atom is 0.338 e. The fourth-order valence-corrected chi connectivity index (χ4v) is 3.26. The summed E-state index contributed by atoms with van der Waals surface area (Å²) < 4.78 is 35.6. The van der Waals surface area contributed by atoms with Crippen molar-refractivity contribution in [3.63, 3.8) is 0 Å². The summed E-state index contributed by atoms with van der Waals surface area (Å²) in [6, 6.07) is 8.20. The molecule has 0 fully saturated rings. The van der Waals surface area contributed by atoms with E-state index in [-0.39, 0.29) is 54.2 Å². The third kappa shape index (κ3) is 9.95. The van der Waals surface area contributed by atoms with Crippen LogP contribution < -0.4 is 14.2 Å². The molecule has 0 bridgehead atoms. The zero-order chi connectivity index (χ0) is 27.9. The summed E-state index contributed by atoms with van der Waals surface area (Å²) in [6.45, 7) is 5.38. The van der Waals surface area contributed by atoms with E-state index in [9.17, 15) is 23.6 Å². The third-order valence-electron chi connectivity index (χ3n) is 5.44. The van der Waals surface area contributed by atoms with E-state index in [1.54, 1.807) is 6.07 Å². The molecule has 38 heavy (non-hydrogen) atoms. The van der Waals surface area contributed by atoms with Crippen LogP contribution in [0.4, 0.5) is 4.39 Å². The maximum atomic E-state index is 14.0. The molecule has 2 aromatic rings. The number of hydrogen-bond acceptors (Lipinski definition) is 8. The highest BCUT2D eigenvalue weighted by Gasteiger charge is 2.25. The van der Waals surface area contributed by atoms with Crippen molar-refractivity contribution < 1.29 is 42.5 Å². The smallest absolute Gasteiger partial charge is 0.338 e. The minimum absolute atomic E-state index is 0.0906. The Morgan fingerprint density at radius 3 is 1.66 bits per heavy atom. The molecule has 206 valence electrons. The van der Waals surface area contributed by atoms with Crippen LogP contribution in [0.5, 0.6) is 17.2 Å². The predicted octanol–water partition coefficient (Wildman–Crippen LogP) is 6.47. The first-order chi connectivity index (χ1) is 18.3. The van der Waals surface area contributed by atoms with Gasteiger partial charge in [0.05, 0.1) is 5.56 Å². The molecule has 0 N–H and O–H groups in total. The number of benzene rings is 2. The molecule has 8 nitrogen and oxygen atoms in total. The van der Waals surface area contributed by atoms with E-state index in [1.807, 2.05) is 20.8 Å². The number of carbonyl (C=O) groups excluding carboxylic acids is 4. The van der Waals surface area contributed by atoms with Gasteiger partial charge in [0.1, 0.15) is 12.4 Å². The standard InChI is InChI=1S/C29H35FO8/c1-4-7-14-25(31)36-23-17-21(29(34)35-19-20-12-10-11-13-22(20)30)18-24(37-26(32)15-8-5-2)28(23)38-27(33)16-9-6-3/h10-13,17-18H,4-9,14-16,19H2,1-3H3.